The summed E-state index contributed by atoms with van der Waals surface area (Å²) in [6, 6.07) is 3.39. The molecule has 0 aliphatic carbocycles. The van der Waals surface area contributed by atoms with Crippen molar-refractivity contribution in [3.05, 3.63) is 29.6 Å². The monoisotopic (exact) mass is 263 g/mol. The summed E-state index contributed by atoms with van der Waals surface area (Å²) < 4.78 is 41.4. The molecule has 0 bridgehead atoms. The van der Waals surface area contributed by atoms with E-state index in [0.29, 0.717) is 0 Å². The van der Waals surface area contributed by atoms with Gasteiger partial charge in [-0.1, -0.05) is 0 Å². The largest absolute Gasteiger partial charge is 0.478 e. The van der Waals surface area contributed by atoms with Crippen LogP contribution in [0.3, 0.4) is 0 Å². The van der Waals surface area contributed by atoms with E-state index in [-0.39, 0.29) is 24.4 Å². The van der Waals surface area contributed by atoms with Crippen LogP contribution in [0.15, 0.2) is 18.2 Å². The van der Waals surface area contributed by atoms with Crippen LogP contribution in [-0.4, -0.2) is 37.3 Å². The van der Waals surface area contributed by atoms with Crippen molar-refractivity contribution in [2.45, 2.75) is 6.43 Å². The van der Waals surface area contributed by atoms with Crippen molar-refractivity contribution in [1.29, 1.82) is 0 Å². The standard InChI is InChI=1S/C11H12F3NO3/c12-8-5-7(11(16)17)1-2-9(8)15-3-4-18-6-10(13)14/h1-2,5,10,15H,3-4,6H2,(H,16,17). The van der Waals surface area contributed by atoms with Gasteiger partial charge in [0, 0.05) is 6.54 Å². The first-order valence-electron chi connectivity index (χ1n) is 5.13. The highest BCUT2D eigenvalue weighted by Gasteiger charge is 2.08. The Morgan fingerprint density at radius 2 is 2.17 bits per heavy atom. The summed E-state index contributed by atoms with van der Waals surface area (Å²) in [4.78, 5) is 10.5. The highest BCUT2D eigenvalue weighted by Crippen LogP contribution is 2.15. The van der Waals surface area contributed by atoms with Gasteiger partial charge in [0.15, 0.2) is 0 Å². The van der Waals surface area contributed by atoms with Crippen LogP contribution in [-0.2, 0) is 4.74 Å². The van der Waals surface area contributed by atoms with Gasteiger partial charge in [0.1, 0.15) is 12.4 Å². The van der Waals surface area contributed by atoms with Crippen LogP contribution in [0.4, 0.5) is 18.9 Å². The van der Waals surface area contributed by atoms with Crippen molar-refractivity contribution >= 4 is 11.7 Å². The molecular weight excluding hydrogens is 251 g/mol. The van der Waals surface area contributed by atoms with E-state index in [1.807, 2.05) is 0 Å². The molecule has 0 saturated carbocycles. The number of carboxylic acids is 1. The number of hydrogen-bond acceptors (Lipinski definition) is 3. The molecule has 7 heteroatoms. The van der Waals surface area contributed by atoms with Crippen LogP contribution in [0.5, 0.6) is 0 Å². The van der Waals surface area contributed by atoms with Gasteiger partial charge >= 0.3 is 5.97 Å². The van der Waals surface area contributed by atoms with Gasteiger partial charge in [-0.15, -0.1) is 0 Å². The third kappa shape index (κ3) is 4.62. The highest BCUT2D eigenvalue weighted by atomic mass is 19.3. The number of hydrogen-bond donors (Lipinski definition) is 2. The Kier molecular flexibility index (Phi) is 5.44. The zero-order valence-electron chi connectivity index (χ0n) is 9.33. The fourth-order valence-electron chi connectivity index (χ4n) is 1.22. The van der Waals surface area contributed by atoms with Gasteiger partial charge < -0.3 is 15.2 Å². The van der Waals surface area contributed by atoms with E-state index in [9.17, 15) is 18.0 Å². The minimum absolute atomic E-state index is 0.00443. The minimum atomic E-state index is -2.53. The lowest BCUT2D eigenvalue weighted by atomic mass is 10.2. The zero-order valence-corrected chi connectivity index (χ0v) is 9.33. The van der Waals surface area contributed by atoms with Crippen LogP contribution >= 0.6 is 0 Å². The van der Waals surface area contributed by atoms with Gasteiger partial charge in [-0.05, 0) is 18.2 Å². The van der Waals surface area contributed by atoms with Crippen LogP contribution in [0.2, 0.25) is 0 Å². The molecule has 0 spiro atoms. The summed E-state index contributed by atoms with van der Waals surface area (Å²) in [6.07, 6.45) is -2.53. The molecule has 0 aromatic heterocycles. The van der Waals surface area contributed by atoms with Crippen molar-refractivity contribution in [1.82, 2.24) is 0 Å². The molecule has 0 amide bonds. The lowest BCUT2D eigenvalue weighted by Crippen LogP contribution is -2.14. The Labute approximate surface area is 101 Å². The summed E-state index contributed by atoms with van der Waals surface area (Å²) in [6.45, 7) is -0.511. The van der Waals surface area contributed by atoms with E-state index in [4.69, 9.17) is 5.11 Å². The molecule has 1 aromatic carbocycles. The molecule has 2 N–H and O–H groups in total. The molecule has 18 heavy (non-hydrogen) atoms. The molecular formula is C11H12F3NO3. The second-order valence-corrected chi connectivity index (χ2v) is 3.39. The number of halogens is 3. The minimum Gasteiger partial charge on any atom is -0.478 e. The average Bonchev–Trinajstić information content (AvgIpc) is 2.29. The Hall–Kier alpha value is -1.76. The van der Waals surface area contributed by atoms with E-state index in [1.54, 1.807) is 0 Å². The van der Waals surface area contributed by atoms with Gasteiger partial charge in [-0.3, -0.25) is 0 Å². The first-order chi connectivity index (χ1) is 8.50. The normalized spacial score (nSPS) is 10.7. The molecule has 0 saturated heterocycles. The zero-order chi connectivity index (χ0) is 13.5. The molecule has 4 nitrogen and oxygen atoms in total. The van der Waals surface area contributed by atoms with Crippen LogP contribution in [0.1, 0.15) is 10.4 Å². The first kappa shape index (κ1) is 14.3. The molecule has 0 aliphatic rings. The van der Waals surface area contributed by atoms with Crippen molar-refractivity contribution in [3.8, 4) is 0 Å². The van der Waals surface area contributed by atoms with E-state index < -0.39 is 24.8 Å². The maximum absolute atomic E-state index is 13.4. The smallest absolute Gasteiger partial charge is 0.335 e. The number of alkyl halides is 2. The van der Waals surface area contributed by atoms with Crippen molar-refractivity contribution in [2.75, 3.05) is 25.1 Å². The number of carboxylic acid groups (broad SMARTS) is 1. The number of anilines is 1. The van der Waals surface area contributed by atoms with Crippen molar-refractivity contribution in [2.24, 2.45) is 0 Å². The molecule has 1 aromatic rings. The summed E-state index contributed by atoms with van der Waals surface area (Å²) in [7, 11) is 0. The molecule has 0 radical (unpaired) electrons. The predicted molar refractivity (Wildman–Crippen MR) is 58.7 cm³/mol. The molecule has 0 unspecified atom stereocenters. The number of nitrogens with one attached hydrogen (secondary N) is 1. The maximum Gasteiger partial charge on any atom is 0.335 e. The molecule has 1 rings (SSSR count). The summed E-state index contributed by atoms with van der Waals surface area (Å²) in [5, 5.41) is 11.2. The fraction of sp³-hybridized carbons (Fsp3) is 0.364. The topological polar surface area (TPSA) is 58.6 Å². The number of rotatable bonds is 7. The summed E-state index contributed by atoms with van der Waals surface area (Å²) >= 11 is 0. The van der Waals surface area contributed by atoms with Crippen LogP contribution in [0.25, 0.3) is 0 Å². The van der Waals surface area contributed by atoms with Crippen LogP contribution < -0.4 is 5.32 Å². The lowest BCUT2D eigenvalue weighted by Gasteiger charge is -2.08. The van der Waals surface area contributed by atoms with Gasteiger partial charge in [0.05, 0.1) is 17.9 Å². The molecule has 0 atom stereocenters. The van der Waals surface area contributed by atoms with E-state index in [1.165, 1.54) is 12.1 Å². The molecule has 0 heterocycles. The lowest BCUT2D eigenvalue weighted by molar-refractivity contribution is 0.0215. The average molecular weight is 263 g/mol. The van der Waals surface area contributed by atoms with Crippen molar-refractivity contribution in [3.63, 3.8) is 0 Å². The quantitative estimate of drug-likeness (QED) is 0.740. The molecule has 0 aliphatic heterocycles. The Morgan fingerprint density at radius 3 is 2.72 bits per heavy atom. The van der Waals surface area contributed by atoms with Gasteiger partial charge in [-0.2, -0.15) is 0 Å². The third-order valence-corrected chi connectivity index (χ3v) is 2.02. The summed E-state index contributed by atoms with van der Waals surface area (Å²) in [5.74, 6) is -1.94. The molecule has 100 valence electrons. The predicted octanol–water partition coefficient (Wildman–Crippen LogP) is 2.22. The van der Waals surface area contributed by atoms with Gasteiger partial charge in [0.2, 0.25) is 0 Å². The second-order valence-electron chi connectivity index (χ2n) is 3.39. The number of carbonyl (C=O) groups is 1. The number of ether oxygens (including phenoxy) is 1. The van der Waals surface area contributed by atoms with E-state index in [0.717, 1.165) is 6.07 Å². The SMILES string of the molecule is O=C(O)c1ccc(NCCOCC(F)F)c(F)c1. The van der Waals surface area contributed by atoms with Crippen molar-refractivity contribution < 1.29 is 27.8 Å². The van der Waals surface area contributed by atoms with Gasteiger partial charge in [-0.25, -0.2) is 18.0 Å². The Morgan fingerprint density at radius 1 is 1.44 bits per heavy atom. The third-order valence-electron chi connectivity index (χ3n) is 2.02. The van der Waals surface area contributed by atoms with Gasteiger partial charge in [0.25, 0.3) is 6.43 Å². The Balaban J connectivity index is 2.41. The Bertz CT molecular complexity index is 413. The fourth-order valence-corrected chi connectivity index (χ4v) is 1.22. The first-order valence-corrected chi connectivity index (χ1v) is 5.13. The number of aromatic carboxylic acids is 1. The molecule has 0 fully saturated rings. The maximum atomic E-state index is 13.4. The number of benzene rings is 1. The highest BCUT2D eigenvalue weighted by molar-refractivity contribution is 5.88. The second kappa shape index (κ2) is 6.85. The van der Waals surface area contributed by atoms with E-state index >= 15 is 0 Å². The summed E-state index contributed by atoms with van der Waals surface area (Å²) in [5.41, 5.74) is -0.0624. The van der Waals surface area contributed by atoms with E-state index in [2.05, 4.69) is 10.1 Å². The van der Waals surface area contributed by atoms with Crippen LogP contribution in [0, 0.1) is 5.82 Å².